The molecule has 1 fully saturated rings. The molecule has 1 atom stereocenters. The van der Waals surface area contributed by atoms with Crippen molar-refractivity contribution in [1.29, 1.82) is 0 Å². The van der Waals surface area contributed by atoms with Crippen LogP contribution < -0.4 is 4.90 Å². The van der Waals surface area contributed by atoms with Crippen LogP contribution in [0.3, 0.4) is 0 Å². The molecule has 2 aliphatic heterocycles. The number of benzene rings is 1. The van der Waals surface area contributed by atoms with Gasteiger partial charge in [0.2, 0.25) is 11.8 Å². The highest BCUT2D eigenvalue weighted by Crippen LogP contribution is 2.27. The molecule has 0 aromatic heterocycles. The Balaban J connectivity index is 0.000000241. The van der Waals surface area contributed by atoms with Crippen molar-refractivity contribution in [3.63, 3.8) is 0 Å². The zero-order chi connectivity index (χ0) is 19.9. The molecule has 1 unspecified atom stereocenters. The zero-order valence-electron chi connectivity index (χ0n) is 17.6. The fourth-order valence-electron chi connectivity index (χ4n) is 3.66. The topological polar surface area (TPSA) is 40.6 Å². The quantitative estimate of drug-likeness (QED) is 0.735. The summed E-state index contributed by atoms with van der Waals surface area (Å²) in [5.74, 6) is 1.07. The predicted octanol–water partition coefficient (Wildman–Crippen LogP) is 4.58. The second-order valence-electron chi connectivity index (χ2n) is 7.25. The van der Waals surface area contributed by atoms with Crippen LogP contribution in [0, 0.1) is 12.8 Å². The third-order valence-electron chi connectivity index (χ3n) is 5.05. The molecule has 2 aliphatic rings. The van der Waals surface area contributed by atoms with E-state index in [1.807, 2.05) is 37.9 Å². The monoisotopic (exact) mass is 360 g/mol. The van der Waals surface area contributed by atoms with Gasteiger partial charge in [-0.15, -0.1) is 0 Å². The van der Waals surface area contributed by atoms with Crippen LogP contribution in [0.2, 0.25) is 0 Å². The highest BCUT2D eigenvalue weighted by atomic mass is 16.2. The maximum Gasteiger partial charge on any atom is 0.227 e. The number of carbonyl (C=O) groups is 2. The first-order valence-electron chi connectivity index (χ1n) is 9.94. The van der Waals surface area contributed by atoms with Crippen LogP contribution in [0.15, 0.2) is 18.2 Å². The average Bonchev–Trinajstić information content (AvgIpc) is 3.11. The molecule has 2 heterocycles. The zero-order valence-corrected chi connectivity index (χ0v) is 17.6. The Morgan fingerprint density at radius 2 is 1.85 bits per heavy atom. The van der Waals surface area contributed by atoms with E-state index in [0.29, 0.717) is 18.4 Å². The molecule has 146 valence electrons. The normalized spacial score (nSPS) is 18.6. The fourth-order valence-corrected chi connectivity index (χ4v) is 3.66. The first kappa shape index (κ1) is 22.2. The van der Waals surface area contributed by atoms with Gasteiger partial charge in [0.1, 0.15) is 0 Å². The Hall–Kier alpha value is -1.84. The largest absolute Gasteiger partial charge is 0.340 e. The summed E-state index contributed by atoms with van der Waals surface area (Å²) in [5, 5.41) is 0. The van der Waals surface area contributed by atoms with Gasteiger partial charge in [-0.2, -0.15) is 0 Å². The smallest absolute Gasteiger partial charge is 0.227 e. The van der Waals surface area contributed by atoms with Crippen LogP contribution in [0.4, 0.5) is 5.69 Å². The second kappa shape index (κ2) is 10.3. The second-order valence-corrected chi connectivity index (χ2v) is 7.25. The lowest BCUT2D eigenvalue weighted by Gasteiger charge is -2.26. The summed E-state index contributed by atoms with van der Waals surface area (Å²) in [4.78, 5) is 26.2. The summed E-state index contributed by atoms with van der Waals surface area (Å²) in [6.45, 7) is 13.1. The molecule has 0 bridgehead atoms. The third kappa shape index (κ3) is 5.58. The molecule has 4 nitrogen and oxygen atoms in total. The SMILES string of the molecule is CC.CC(=O)N1CCCC1C(C)C.Cc1ccc2c(c1)CCC(=O)N2C. The molecule has 0 aliphatic carbocycles. The minimum Gasteiger partial charge on any atom is -0.340 e. The Morgan fingerprint density at radius 3 is 2.38 bits per heavy atom. The van der Waals surface area contributed by atoms with Gasteiger partial charge in [0, 0.05) is 38.7 Å². The number of rotatable bonds is 1. The molecule has 0 radical (unpaired) electrons. The summed E-state index contributed by atoms with van der Waals surface area (Å²) >= 11 is 0. The van der Waals surface area contributed by atoms with E-state index in [0.717, 1.165) is 18.7 Å². The van der Waals surface area contributed by atoms with E-state index in [2.05, 4.69) is 26.8 Å². The lowest BCUT2D eigenvalue weighted by Crippen LogP contribution is -2.36. The van der Waals surface area contributed by atoms with Crippen molar-refractivity contribution in [1.82, 2.24) is 4.90 Å². The molecular weight excluding hydrogens is 324 g/mol. The van der Waals surface area contributed by atoms with Crippen LogP contribution in [0.1, 0.15) is 65.0 Å². The number of aryl methyl sites for hydroxylation is 2. The number of carbonyl (C=O) groups excluding carboxylic acids is 2. The van der Waals surface area contributed by atoms with Crippen LogP contribution >= 0.6 is 0 Å². The molecule has 4 heteroatoms. The van der Waals surface area contributed by atoms with Gasteiger partial charge in [-0.05, 0) is 43.7 Å². The number of amides is 2. The summed E-state index contributed by atoms with van der Waals surface area (Å²) < 4.78 is 0. The minimum atomic E-state index is 0.219. The summed E-state index contributed by atoms with van der Waals surface area (Å²) in [6.07, 6.45) is 3.91. The molecule has 3 rings (SSSR count). The van der Waals surface area contributed by atoms with E-state index in [1.54, 1.807) is 11.8 Å². The summed E-state index contributed by atoms with van der Waals surface area (Å²) in [5.41, 5.74) is 3.63. The molecular formula is C22H36N2O2. The van der Waals surface area contributed by atoms with Crippen LogP contribution in [0.5, 0.6) is 0 Å². The lowest BCUT2D eigenvalue weighted by atomic mass is 10.00. The highest BCUT2D eigenvalue weighted by Gasteiger charge is 2.28. The Bertz CT molecular complexity index is 610. The van der Waals surface area contributed by atoms with Gasteiger partial charge in [0.05, 0.1) is 0 Å². The molecule has 1 saturated heterocycles. The van der Waals surface area contributed by atoms with Gasteiger partial charge in [-0.3, -0.25) is 9.59 Å². The predicted molar refractivity (Wildman–Crippen MR) is 110 cm³/mol. The van der Waals surface area contributed by atoms with Crippen LogP contribution in [-0.4, -0.2) is 36.3 Å². The van der Waals surface area contributed by atoms with E-state index >= 15 is 0 Å². The van der Waals surface area contributed by atoms with Gasteiger partial charge in [-0.25, -0.2) is 0 Å². The van der Waals surface area contributed by atoms with E-state index in [-0.39, 0.29) is 11.8 Å². The average molecular weight is 361 g/mol. The number of hydrogen-bond acceptors (Lipinski definition) is 2. The van der Waals surface area contributed by atoms with E-state index in [9.17, 15) is 9.59 Å². The first-order valence-corrected chi connectivity index (χ1v) is 9.94. The minimum absolute atomic E-state index is 0.219. The van der Waals surface area contributed by atoms with Crippen molar-refractivity contribution in [3.8, 4) is 0 Å². The van der Waals surface area contributed by atoms with E-state index < -0.39 is 0 Å². The number of anilines is 1. The lowest BCUT2D eigenvalue weighted by molar-refractivity contribution is -0.130. The van der Waals surface area contributed by atoms with Crippen molar-refractivity contribution in [2.75, 3.05) is 18.5 Å². The van der Waals surface area contributed by atoms with Gasteiger partial charge in [-0.1, -0.05) is 45.4 Å². The first-order chi connectivity index (χ1) is 12.3. The summed E-state index contributed by atoms with van der Waals surface area (Å²) in [6, 6.07) is 6.75. The number of nitrogens with zero attached hydrogens (tertiary/aromatic N) is 2. The van der Waals surface area contributed by atoms with Gasteiger partial charge < -0.3 is 9.80 Å². The number of hydrogen-bond donors (Lipinski definition) is 0. The maximum atomic E-state index is 11.4. The molecule has 0 N–H and O–H groups in total. The fraction of sp³-hybridized carbons (Fsp3) is 0.636. The molecule has 1 aromatic rings. The molecule has 26 heavy (non-hydrogen) atoms. The molecule has 0 spiro atoms. The van der Waals surface area contributed by atoms with Gasteiger partial charge in [0.15, 0.2) is 0 Å². The Morgan fingerprint density at radius 1 is 1.19 bits per heavy atom. The Kier molecular flexibility index (Phi) is 8.83. The highest BCUT2D eigenvalue weighted by molar-refractivity contribution is 5.95. The van der Waals surface area contributed by atoms with Crippen LogP contribution in [-0.2, 0) is 16.0 Å². The number of likely N-dealkylation sites (tertiary alicyclic amines) is 1. The van der Waals surface area contributed by atoms with Gasteiger partial charge >= 0.3 is 0 Å². The molecule has 1 aromatic carbocycles. The Labute approximate surface area is 159 Å². The third-order valence-corrected chi connectivity index (χ3v) is 5.05. The van der Waals surface area contributed by atoms with Crippen molar-refractivity contribution in [2.45, 2.75) is 73.3 Å². The number of fused-ring (bicyclic) bond motifs is 1. The molecule has 0 saturated carbocycles. The summed E-state index contributed by atoms with van der Waals surface area (Å²) in [7, 11) is 1.84. The van der Waals surface area contributed by atoms with Crippen LogP contribution in [0.25, 0.3) is 0 Å². The maximum absolute atomic E-state index is 11.4. The van der Waals surface area contributed by atoms with E-state index in [1.165, 1.54) is 24.0 Å². The standard InChI is InChI=1S/C11H13NO.C9H17NO.C2H6/c1-8-3-5-10-9(7-8)4-6-11(13)12(10)2;1-7(2)9-5-4-6-10(9)8(3)11;1-2/h3,5,7H,4,6H2,1-2H3;7,9H,4-6H2,1-3H3;1-2H3. The van der Waals surface area contributed by atoms with Gasteiger partial charge in [0.25, 0.3) is 0 Å². The van der Waals surface area contributed by atoms with Crippen molar-refractivity contribution < 1.29 is 9.59 Å². The van der Waals surface area contributed by atoms with Crippen molar-refractivity contribution >= 4 is 17.5 Å². The van der Waals surface area contributed by atoms with E-state index in [4.69, 9.17) is 0 Å². The molecule has 2 amide bonds. The van der Waals surface area contributed by atoms with Crippen molar-refractivity contribution in [3.05, 3.63) is 29.3 Å². The van der Waals surface area contributed by atoms with Crippen molar-refractivity contribution in [2.24, 2.45) is 5.92 Å².